The fraction of sp³-hybridized carbons (Fsp3) is 0.304. The van der Waals surface area contributed by atoms with Crippen molar-refractivity contribution in [3.8, 4) is 11.6 Å². The smallest absolute Gasteiger partial charge is 0.238 e. The molecule has 1 aliphatic heterocycles. The van der Waals surface area contributed by atoms with Crippen LogP contribution in [0.25, 0.3) is 11.4 Å². The highest BCUT2D eigenvalue weighted by Crippen LogP contribution is 2.32. The highest BCUT2D eigenvalue weighted by Gasteiger charge is 2.26. The number of imidazole rings is 1. The van der Waals surface area contributed by atoms with E-state index >= 15 is 0 Å². The fourth-order valence-electron chi connectivity index (χ4n) is 3.60. The third kappa shape index (κ3) is 4.14. The van der Waals surface area contributed by atoms with E-state index in [2.05, 4.69) is 16.8 Å². The lowest BCUT2D eigenvalue weighted by Crippen LogP contribution is -2.32. The van der Waals surface area contributed by atoms with Crippen LogP contribution < -0.4 is 4.74 Å². The maximum atomic E-state index is 6.10. The van der Waals surface area contributed by atoms with Gasteiger partial charge in [0.25, 0.3) is 0 Å². The van der Waals surface area contributed by atoms with Crippen LogP contribution in [0.2, 0.25) is 5.02 Å². The van der Waals surface area contributed by atoms with E-state index in [1.807, 2.05) is 54.1 Å². The van der Waals surface area contributed by atoms with E-state index in [0.717, 1.165) is 52.9 Å². The van der Waals surface area contributed by atoms with Crippen LogP contribution in [0.15, 0.2) is 55.2 Å². The van der Waals surface area contributed by atoms with E-state index in [1.54, 1.807) is 19.7 Å². The zero-order valence-corrected chi connectivity index (χ0v) is 18.1. The summed E-state index contributed by atoms with van der Waals surface area (Å²) in [5.41, 5.74) is 4.66. The Hall–Kier alpha value is -2.99. The summed E-state index contributed by atoms with van der Waals surface area (Å²) in [5.74, 6) is 0.544. The molecule has 0 aliphatic carbocycles. The molecule has 156 valence electrons. The first-order valence-electron chi connectivity index (χ1n) is 10.0. The molecular formula is C23H25ClN4O2. The molecule has 0 unspecified atom stereocenters. The Morgan fingerprint density at radius 2 is 2.00 bits per heavy atom. The molecule has 2 aromatic heterocycles. The number of aromatic nitrogens is 3. The Balaban J connectivity index is 1.65. The molecule has 1 aliphatic rings. The average Bonchev–Trinajstić information content (AvgIpc) is 3.20. The molecule has 0 saturated heterocycles. The standard InChI is InChI=1S/C23H25ClN4O2/c1-4-11-27-13-22(17-5-7-18(24)8-6-17)30-14-21(27)19-9-10-20(23(26-19)29-3)28-12-16(2)25-15-28/h5-10,12,14-15,22H,4,11,13H2,1-3H3/t22-/m0/s1. The van der Waals surface area contributed by atoms with Crippen LogP contribution in [0.1, 0.15) is 36.4 Å². The Kier molecular flexibility index (Phi) is 5.95. The Morgan fingerprint density at radius 1 is 1.20 bits per heavy atom. The summed E-state index contributed by atoms with van der Waals surface area (Å²) in [5, 5.41) is 0.723. The fourth-order valence-corrected chi connectivity index (χ4v) is 3.73. The minimum Gasteiger partial charge on any atom is -0.489 e. The van der Waals surface area contributed by atoms with E-state index in [0.29, 0.717) is 5.88 Å². The molecule has 0 N–H and O–H groups in total. The van der Waals surface area contributed by atoms with Crippen molar-refractivity contribution in [2.24, 2.45) is 0 Å². The molecule has 1 atom stereocenters. The summed E-state index contributed by atoms with van der Waals surface area (Å²) >= 11 is 6.03. The summed E-state index contributed by atoms with van der Waals surface area (Å²) in [6, 6.07) is 11.8. The summed E-state index contributed by atoms with van der Waals surface area (Å²) in [6.07, 6.45) is 6.49. The molecule has 7 heteroatoms. The first kappa shape index (κ1) is 20.3. The number of benzene rings is 1. The largest absolute Gasteiger partial charge is 0.489 e. The lowest BCUT2D eigenvalue weighted by Gasteiger charge is -2.35. The van der Waals surface area contributed by atoms with Crippen LogP contribution in [0.4, 0.5) is 0 Å². The average molecular weight is 425 g/mol. The van der Waals surface area contributed by atoms with Crippen LogP contribution in [0, 0.1) is 6.92 Å². The van der Waals surface area contributed by atoms with E-state index in [1.165, 1.54) is 0 Å². The number of halogens is 1. The minimum atomic E-state index is -0.0485. The molecule has 0 saturated carbocycles. The normalized spacial score (nSPS) is 16.2. The van der Waals surface area contributed by atoms with Gasteiger partial charge < -0.3 is 18.9 Å². The van der Waals surface area contributed by atoms with Gasteiger partial charge in [-0.05, 0) is 43.2 Å². The maximum Gasteiger partial charge on any atom is 0.238 e. The highest BCUT2D eigenvalue weighted by molar-refractivity contribution is 6.30. The number of hydrogen-bond donors (Lipinski definition) is 0. The van der Waals surface area contributed by atoms with Crippen LogP contribution in [-0.2, 0) is 4.74 Å². The van der Waals surface area contributed by atoms with Crippen molar-refractivity contribution < 1.29 is 9.47 Å². The quantitative estimate of drug-likeness (QED) is 0.556. The first-order chi connectivity index (χ1) is 14.6. The van der Waals surface area contributed by atoms with Crippen LogP contribution >= 0.6 is 11.6 Å². The predicted octanol–water partition coefficient (Wildman–Crippen LogP) is 5.02. The topological polar surface area (TPSA) is 52.4 Å². The van der Waals surface area contributed by atoms with Gasteiger partial charge in [-0.25, -0.2) is 9.97 Å². The van der Waals surface area contributed by atoms with Crippen molar-refractivity contribution in [1.82, 2.24) is 19.4 Å². The molecule has 0 spiro atoms. The number of aryl methyl sites for hydroxylation is 1. The first-order valence-corrected chi connectivity index (χ1v) is 10.4. The van der Waals surface area contributed by atoms with E-state index in [4.69, 9.17) is 26.1 Å². The number of hydrogen-bond acceptors (Lipinski definition) is 5. The lowest BCUT2D eigenvalue weighted by atomic mass is 10.1. The van der Waals surface area contributed by atoms with Gasteiger partial charge in [-0.15, -0.1) is 0 Å². The Labute approximate surface area is 181 Å². The van der Waals surface area contributed by atoms with Crippen molar-refractivity contribution in [2.75, 3.05) is 20.2 Å². The van der Waals surface area contributed by atoms with E-state index < -0.39 is 0 Å². The monoisotopic (exact) mass is 424 g/mol. The van der Waals surface area contributed by atoms with Gasteiger partial charge in [0.15, 0.2) is 0 Å². The van der Waals surface area contributed by atoms with E-state index in [9.17, 15) is 0 Å². The summed E-state index contributed by atoms with van der Waals surface area (Å²) < 4.78 is 13.6. The molecule has 30 heavy (non-hydrogen) atoms. The Morgan fingerprint density at radius 3 is 2.67 bits per heavy atom. The second-order valence-corrected chi connectivity index (χ2v) is 7.71. The SMILES string of the molecule is CCCN1C[C@@H](c2ccc(Cl)cc2)OC=C1c1ccc(-n2cnc(C)c2)c(OC)n1. The van der Waals surface area contributed by atoms with Crippen molar-refractivity contribution in [1.29, 1.82) is 0 Å². The van der Waals surface area contributed by atoms with Crippen molar-refractivity contribution >= 4 is 17.3 Å². The van der Waals surface area contributed by atoms with Crippen LogP contribution in [0.5, 0.6) is 5.88 Å². The highest BCUT2D eigenvalue weighted by atomic mass is 35.5. The molecule has 0 bridgehead atoms. The predicted molar refractivity (Wildman–Crippen MR) is 118 cm³/mol. The van der Waals surface area contributed by atoms with Crippen molar-refractivity contribution in [2.45, 2.75) is 26.4 Å². The molecule has 0 fully saturated rings. The van der Waals surface area contributed by atoms with E-state index in [-0.39, 0.29) is 6.10 Å². The third-order valence-electron chi connectivity index (χ3n) is 5.09. The second kappa shape index (κ2) is 8.79. The molecule has 0 radical (unpaired) electrons. The molecule has 0 amide bonds. The van der Waals surface area contributed by atoms with Crippen molar-refractivity contribution in [3.05, 3.63) is 77.2 Å². The second-order valence-electron chi connectivity index (χ2n) is 7.27. The summed E-state index contributed by atoms with van der Waals surface area (Å²) in [7, 11) is 1.63. The molecule has 3 aromatic rings. The number of methoxy groups -OCH3 is 1. The third-order valence-corrected chi connectivity index (χ3v) is 5.34. The molecular weight excluding hydrogens is 400 g/mol. The van der Waals surface area contributed by atoms with Gasteiger partial charge in [0.1, 0.15) is 18.1 Å². The van der Waals surface area contributed by atoms with Crippen LogP contribution in [-0.4, -0.2) is 39.6 Å². The molecule has 4 rings (SSSR count). The van der Waals surface area contributed by atoms with Gasteiger partial charge in [0, 0.05) is 17.8 Å². The summed E-state index contributed by atoms with van der Waals surface area (Å²) in [4.78, 5) is 11.4. The van der Waals surface area contributed by atoms with Gasteiger partial charge in [0.2, 0.25) is 5.88 Å². The zero-order chi connectivity index (χ0) is 21.1. The maximum absolute atomic E-state index is 6.10. The van der Waals surface area contributed by atoms with Gasteiger partial charge in [-0.1, -0.05) is 30.7 Å². The number of pyridine rings is 1. The van der Waals surface area contributed by atoms with Gasteiger partial charge >= 0.3 is 0 Å². The zero-order valence-electron chi connectivity index (χ0n) is 17.4. The molecule has 1 aromatic carbocycles. The number of nitrogens with zero attached hydrogens (tertiary/aromatic N) is 4. The lowest BCUT2D eigenvalue weighted by molar-refractivity contribution is 0.0926. The number of rotatable bonds is 6. The summed E-state index contributed by atoms with van der Waals surface area (Å²) in [6.45, 7) is 5.77. The molecule has 6 nitrogen and oxygen atoms in total. The van der Waals surface area contributed by atoms with Crippen LogP contribution in [0.3, 0.4) is 0 Å². The van der Waals surface area contributed by atoms with Gasteiger partial charge in [-0.3, -0.25) is 0 Å². The molecule has 3 heterocycles. The minimum absolute atomic E-state index is 0.0485. The Bertz CT molecular complexity index is 1050. The van der Waals surface area contributed by atoms with Gasteiger partial charge in [0.05, 0.1) is 37.1 Å². The number of ether oxygens (including phenoxy) is 2. The van der Waals surface area contributed by atoms with Crippen molar-refractivity contribution in [3.63, 3.8) is 0 Å². The van der Waals surface area contributed by atoms with Gasteiger partial charge in [-0.2, -0.15) is 0 Å².